The van der Waals surface area contributed by atoms with E-state index in [4.69, 9.17) is 11.8 Å². The Morgan fingerprint density at radius 1 is 1.33 bits per heavy atom. The molecule has 0 atom stereocenters. The Balaban J connectivity index is 2.95. The van der Waals surface area contributed by atoms with Crippen LogP contribution in [0, 0.1) is 0 Å². The Bertz CT molecular complexity index is 346. The lowest BCUT2D eigenvalue weighted by Gasteiger charge is -2.22. The molecule has 0 aliphatic heterocycles. The molecule has 0 aliphatic rings. The van der Waals surface area contributed by atoms with Crippen LogP contribution in [0.3, 0.4) is 0 Å². The van der Waals surface area contributed by atoms with Crippen LogP contribution in [0.2, 0.25) is 0 Å². The molecule has 0 aromatic heterocycles. The summed E-state index contributed by atoms with van der Waals surface area (Å²) in [6.07, 6.45) is 0. The summed E-state index contributed by atoms with van der Waals surface area (Å²) < 4.78 is 4.61. The Kier molecular flexibility index (Phi) is 3.72. The third kappa shape index (κ3) is 2.70. The molecule has 0 heterocycles. The van der Waals surface area contributed by atoms with E-state index in [0.717, 1.165) is 5.56 Å². The van der Waals surface area contributed by atoms with E-state index >= 15 is 0 Å². The molecule has 1 aromatic carbocycles. The van der Waals surface area contributed by atoms with E-state index in [1.807, 2.05) is 26.0 Å². The molecule has 4 heteroatoms. The third-order valence-corrected chi connectivity index (χ3v) is 2.74. The van der Waals surface area contributed by atoms with Crippen molar-refractivity contribution in [1.82, 2.24) is 4.84 Å². The number of ether oxygens (including phenoxy) is 1. The summed E-state index contributed by atoms with van der Waals surface area (Å²) in [6, 6.07) is 7.14. The zero-order valence-corrected chi connectivity index (χ0v) is 9.76. The fourth-order valence-electron chi connectivity index (χ4n) is 1.20. The van der Waals surface area contributed by atoms with Gasteiger partial charge in [-0.3, -0.25) is 0 Å². The second kappa shape index (κ2) is 4.64. The van der Waals surface area contributed by atoms with Gasteiger partial charge in [0, 0.05) is 0 Å². The number of methoxy groups -OCH3 is 1. The van der Waals surface area contributed by atoms with Gasteiger partial charge in [0.2, 0.25) is 0 Å². The minimum atomic E-state index is -0.335. The normalized spacial score (nSPS) is 11.2. The van der Waals surface area contributed by atoms with Gasteiger partial charge in [-0.1, -0.05) is 12.1 Å². The van der Waals surface area contributed by atoms with Crippen LogP contribution in [0.5, 0.6) is 0 Å². The summed E-state index contributed by atoms with van der Waals surface area (Å²) >= 11 is 5.62. The minimum absolute atomic E-state index is 0.323. The van der Waals surface area contributed by atoms with E-state index < -0.39 is 0 Å². The molecule has 1 rings (SSSR count). The zero-order chi connectivity index (χ0) is 11.5. The molecule has 3 nitrogen and oxygen atoms in total. The van der Waals surface area contributed by atoms with Gasteiger partial charge in [-0.05, 0) is 43.3 Å². The monoisotopic (exact) mass is 227 g/mol. The molecule has 0 bridgehead atoms. The zero-order valence-electron chi connectivity index (χ0n) is 9.00. The molecule has 1 aromatic rings. The second-order valence-corrected chi connectivity index (χ2v) is 3.98. The highest BCUT2D eigenvalue weighted by atomic mass is 35.5. The minimum Gasteiger partial charge on any atom is -0.465 e. The van der Waals surface area contributed by atoms with E-state index in [9.17, 15) is 4.79 Å². The van der Waals surface area contributed by atoms with Crippen LogP contribution in [-0.2, 0) is 10.3 Å². The smallest absolute Gasteiger partial charge is 0.337 e. The van der Waals surface area contributed by atoms with E-state index in [1.54, 1.807) is 12.1 Å². The van der Waals surface area contributed by atoms with Gasteiger partial charge in [-0.2, -0.15) is 0 Å². The molecule has 0 aliphatic carbocycles. The predicted octanol–water partition coefficient (Wildman–Crippen LogP) is 2.45. The Morgan fingerprint density at radius 3 is 2.27 bits per heavy atom. The number of hydrogen-bond acceptors (Lipinski definition) is 3. The molecular weight excluding hydrogens is 214 g/mol. The van der Waals surface area contributed by atoms with Gasteiger partial charge in [-0.25, -0.2) is 9.63 Å². The number of carbonyl (C=O) groups excluding carboxylic acids is 1. The molecule has 1 N–H and O–H groups in total. The van der Waals surface area contributed by atoms with Crippen LogP contribution in [0.15, 0.2) is 24.3 Å². The Morgan fingerprint density at radius 2 is 1.87 bits per heavy atom. The molecule has 15 heavy (non-hydrogen) atoms. The van der Waals surface area contributed by atoms with Crippen molar-refractivity contribution >= 4 is 17.7 Å². The molecule has 0 spiro atoms. The van der Waals surface area contributed by atoms with Crippen molar-refractivity contribution in [3.8, 4) is 0 Å². The number of nitrogens with one attached hydrogen (secondary N) is 1. The molecule has 0 saturated carbocycles. The van der Waals surface area contributed by atoms with Gasteiger partial charge >= 0.3 is 5.97 Å². The van der Waals surface area contributed by atoms with Crippen molar-refractivity contribution in [1.29, 1.82) is 0 Å². The highest BCUT2D eigenvalue weighted by Crippen LogP contribution is 2.21. The lowest BCUT2D eigenvalue weighted by atomic mass is 9.95. The first-order chi connectivity index (χ1) is 7.01. The number of rotatable bonds is 3. The molecule has 0 fully saturated rings. The largest absolute Gasteiger partial charge is 0.465 e. The summed E-state index contributed by atoms with van der Waals surface area (Å²) in [4.78, 5) is 13.9. The summed E-state index contributed by atoms with van der Waals surface area (Å²) in [5.74, 6) is -0.335. The van der Waals surface area contributed by atoms with Crippen molar-refractivity contribution in [2.75, 3.05) is 7.11 Å². The second-order valence-electron chi connectivity index (χ2n) is 3.79. The highest BCUT2D eigenvalue weighted by molar-refractivity contribution is 6.13. The number of halogens is 1. The maximum Gasteiger partial charge on any atom is 0.337 e. The number of carbonyl (C=O) groups is 1. The average Bonchev–Trinajstić information content (AvgIpc) is 2.28. The predicted molar refractivity (Wildman–Crippen MR) is 59.8 cm³/mol. The molecular formula is C11H14ClNO2. The third-order valence-electron chi connectivity index (χ3n) is 2.26. The topological polar surface area (TPSA) is 38.3 Å². The Labute approximate surface area is 94.5 Å². The summed E-state index contributed by atoms with van der Waals surface area (Å²) in [5.41, 5.74) is 1.22. The van der Waals surface area contributed by atoms with Crippen LogP contribution in [0.4, 0.5) is 0 Å². The van der Waals surface area contributed by atoms with Gasteiger partial charge < -0.3 is 4.74 Å². The van der Waals surface area contributed by atoms with Gasteiger partial charge in [0.05, 0.1) is 18.2 Å². The van der Waals surface area contributed by atoms with E-state index in [1.165, 1.54) is 7.11 Å². The van der Waals surface area contributed by atoms with Crippen LogP contribution >= 0.6 is 11.8 Å². The van der Waals surface area contributed by atoms with Crippen molar-refractivity contribution in [2.45, 2.75) is 19.4 Å². The first kappa shape index (κ1) is 12.0. The molecule has 0 unspecified atom stereocenters. The molecule has 0 radical (unpaired) electrons. The van der Waals surface area contributed by atoms with Crippen molar-refractivity contribution < 1.29 is 9.53 Å². The summed E-state index contributed by atoms with van der Waals surface area (Å²) in [7, 11) is 1.36. The molecule has 0 saturated heterocycles. The highest BCUT2D eigenvalue weighted by Gasteiger charge is 2.19. The van der Waals surface area contributed by atoms with E-state index in [2.05, 4.69) is 9.57 Å². The maximum atomic E-state index is 11.2. The van der Waals surface area contributed by atoms with Crippen LogP contribution in [0.1, 0.15) is 29.8 Å². The SMILES string of the molecule is COC(=O)c1ccc(C(C)(C)NCl)cc1. The molecule has 0 amide bonds. The maximum absolute atomic E-state index is 11.2. The first-order valence-electron chi connectivity index (χ1n) is 4.58. The van der Waals surface area contributed by atoms with Gasteiger partial charge in [0.15, 0.2) is 0 Å². The Hall–Kier alpha value is -1.06. The van der Waals surface area contributed by atoms with Crippen molar-refractivity contribution in [3.63, 3.8) is 0 Å². The van der Waals surface area contributed by atoms with E-state index in [-0.39, 0.29) is 11.5 Å². The number of esters is 1. The van der Waals surface area contributed by atoms with Crippen LogP contribution in [0.25, 0.3) is 0 Å². The fraction of sp³-hybridized carbons (Fsp3) is 0.364. The quantitative estimate of drug-likeness (QED) is 0.637. The van der Waals surface area contributed by atoms with Crippen molar-refractivity contribution in [3.05, 3.63) is 35.4 Å². The first-order valence-corrected chi connectivity index (χ1v) is 4.95. The average molecular weight is 228 g/mol. The van der Waals surface area contributed by atoms with Gasteiger partial charge in [-0.15, -0.1) is 0 Å². The van der Waals surface area contributed by atoms with Crippen molar-refractivity contribution in [2.24, 2.45) is 0 Å². The number of benzene rings is 1. The van der Waals surface area contributed by atoms with Gasteiger partial charge in [0.1, 0.15) is 0 Å². The van der Waals surface area contributed by atoms with Crippen LogP contribution in [-0.4, -0.2) is 13.1 Å². The summed E-state index contributed by atoms with van der Waals surface area (Å²) in [6.45, 7) is 3.90. The summed E-state index contributed by atoms with van der Waals surface area (Å²) in [5, 5.41) is 0. The lowest BCUT2D eigenvalue weighted by molar-refractivity contribution is 0.0600. The van der Waals surface area contributed by atoms with Crippen LogP contribution < -0.4 is 4.84 Å². The number of hydrogen-bond donors (Lipinski definition) is 1. The fourth-order valence-corrected chi connectivity index (χ4v) is 1.30. The lowest BCUT2D eigenvalue weighted by Crippen LogP contribution is -2.29. The molecule has 82 valence electrons. The van der Waals surface area contributed by atoms with E-state index in [0.29, 0.717) is 5.56 Å². The van der Waals surface area contributed by atoms with Gasteiger partial charge in [0.25, 0.3) is 0 Å². The standard InChI is InChI=1S/C11H14ClNO2/c1-11(2,13-12)9-6-4-8(5-7-9)10(14)15-3/h4-7,13H,1-3H3.